The van der Waals surface area contributed by atoms with Gasteiger partial charge in [-0.25, -0.2) is 9.97 Å². The second-order valence-electron chi connectivity index (χ2n) is 14.6. The first-order valence-corrected chi connectivity index (χ1v) is 20.1. The van der Waals surface area contributed by atoms with Gasteiger partial charge in [0.1, 0.15) is 5.82 Å². The molecule has 266 valence electrons. The van der Waals surface area contributed by atoms with E-state index in [1.54, 1.807) is 0 Å². The van der Waals surface area contributed by atoms with E-state index in [4.69, 9.17) is 9.97 Å². The number of hydrogen-bond donors (Lipinski definition) is 0. The third-order valence-electron chi connectivity index (χ3n) is 11.3. The molecule has 4 nitrogen and oxygen atoms in total. The van der Waals surface area contributed by atoms with Gasteiger partial charge in [0.2, 0.25) is 0 Å². The number of benzene rings is 7. The molecule has 5 heterocycles. The first-order valence-electron chi connectivity index (χ1n) is 19.2. The number of pyridine rings is 2. The summed E-state index contributed by atoms with van der Waals surface area (Å²) in [6.45, 7) is 0. The molecule has 0 radical (unpaired) electrons. The number of thiophene rings is 1. The summed E-state index contributed by atoms with van der Waals surface area (Å²) in [5.74, 6) is 0.884. The van der Waals surface area contributed by atoms with Crippen molar-refractivity contribution in [1.29, 1.82) is 0 Å². The van der Waals surface area contributed by atoms with Gasteiger partial charge in [-0.2, -0.15) is 0 Å². The molecule has 0 N–H and O–H groups in total. The topological polar surface area (TPSA) is 35.6 Å². The van der Waals surface area contributed by atoms with E-state index in [9.17, 15) is 0 Å². The smallest absolute Gasteiger partial charge is 0.138 e. The molecule has 5 aromatic heterocycles. The fraction of sp³-hybridized carbons (Fsp3) is 0. The summed E-state index contributed by atoms with van der Waals surface area (Å²) in [4.78, 5) is 10.8. The fourth-order valence-electron chi connectivity index (χ4n) is 8.74. The third kappa shape index (κ3) is 4.99. The minimum Gasteiger partial charge on any atom is -0.307 e. The van der Waals surface area contributed by atoms with Crippen molar-refractivity contribution in [1.82, 2.24) is 19.1 Å². The van der Waals surface area contributed by atoms with E-state index in [1.807, 2.05) is 11.3 Å². The molecule has 0 saturated carbocycles. The summed E-state index contributed by atoms with van der Waals surface area (Å²) in [7, 11) is 0. The number of hydrogen-bond acceptors (Lipinski definition) is 3. The van der Waals surface area contributed by atoms with Gasteiger partial charge in [0.25, 0.3) is 0 Å². The maximum absolute atomic E-state index is 5.38. The van der Waals surface area contributed by atoms with Gasteiger partial charge < -0.3 is 4.57 Å². The van der Waals surface area contributed by atoms with Crippen molar-refractivity contribution in [2.75, 3.05) is 0 Å². The molecule has 5 heteroatoms. The molecule has 0 saturated heterocycles. The molecule has 12 rings (SSSR count). The summed E-state index contributed by atoms with van der Waals surface area (Å²) < 4.78 is 7.33. The lowest BCUT2D eigenvalue weighted by molar-refractivity contribution is 1.08. The van der Waals surface area contributed by atoms with Crippen molar-refractivity contribution < 1.29 is 0 Å². The number of aromatic nitrogens is 4. The van der Waals surface area contributed by atoms with Crippen LogP contribution in [0.2, 0.25) is 0 Å². The average Bonchev–Trinajstić information content (AvgIpc) is 3.94. The van der Waals surface area contributed by atoms with Gasteiger partial charge in [0.15, 0.2) is 0 Å². The first kappa shape index (κ1) is 32.0. The summed E-state index contributed by atoms with van der Waals surface area (Å²) >= 11 is 1.85. The Morgan fingerprint density at radius 3 is 1.81 bits per heavy atom. The van der Waals surface area contributed by atoms with Crippen LogP contribution in [-0.2, 0) is 0 Å². The zero-order valence-electron chi connectivity index (χ0n) is 30.7. The summed E-state index contributed by atoms with van der Waals surface area (Å²) in [5.41, 5.74) is 13.0. The highest BCUT2D eigenvalue weighted by atomic mass is 32.1. The van der Waals surface area contributed by atoms with E-state index >= 15 is 0 Å². The summed E-state index contributed by atoms with van der Waals surface area (Å²) in [6, 6.07) is 69.3. The van der Waals surface area contributed by atoms with Crippen LogP contribution in [0.1, 0.15) is 0 Å². The second-order valence-corrected chi connectivity index (χ2v) is 15.7. The lowest BCUT2D eigenvalue weighted by Crippen LogP contribution is -2.00. The lowest BCUT2D eigenvalue weighted by Gasteiger charge is -2.13. The molecule has 0 fully saturated rings. The summed E-state index contributed by atoms with van der Waals surface area (Å²) in [5, 5.41) is 6.04. The highest BCUT2D eigenvalue weighted by Gasteiger charge is 2.22. The molecule has 7 aromatic carbocycles. The molecule has 0 bridgehead atoms. The van der Waals surface area contributed by atoms with Gasteiger partial charge in [0, 0.05) is 53.1 Å². The monoisotopic (exact) mass is 744 g/mol. The normalized spacial score (nSPS) is 11.9. The Kier molecular flexibility index (Phi) is 7.06. The number of fused-ring (bicyclic) bond motifs is 10. The van der Waals surface area contributed by atoms with Crippen molar-refractivity contribution in [3.05, 3.63) is 194 Å². The maximum atomic E-state index is 5.38. The summed E-state index contributed by atoms with van der Waals surface area (Å²) in [6.07, 6.45) is 0. The largest absolute Gasteiger partial charge is 0.307 e. The standard InChI is InChI=1S/C52H32N4S/c1-4-14-33(15-5-1)36-30-43(35-18-8-3-9-19-35)53-49(31-36)56-44-22-12-10-20-38(44)41-32-37(24-27-45(41)56)55-46-28-26-42(34-16-6-2-7-17-34)54-51(46)40-25-29-48-50(52(40)55)39-21-11-13-23-47(39)57-48/h1-32H. The van der Waals surface area contributed by atoms with Gasteiger partial charge in [-0.05, 0) is 77.9 Å². The van der Waals surface area contributed by atoms with Crippen LogP contribution in [0.5, 0.6) is 0 Å². The van der Waals surface area contributed by atoms with E-state index in [0.717, 1.165) is 72.6 Å². The molecule has 12 aromatic rings. The van der Waals surface area contributed by atoms with Crippen LogP contribution < -0.4 is 0 Å². The zero-order valence-corrected chi connectivity index (χ0v) is 31.5. The Morgan fingerprint density at radius 2 is 1.02 bits per heavy atom. The molecule has 0 unspecified atom stereocenters. The molecule has 0 aliphatic heterocycles. The van der Waals surface area contributed by atoms with Gasteiger partial charge in [-0.3, -0.25) is 4.57 Å². The Labute approximate surface area is 332 Å². The van der Waals surface area contributed by atoms with Crippen LogP contribution in [-0.4, -0.2) is 19.1 Å². The van der Waals surface area contributed by atoms with Crippen LogP contribution in [0.3, 0.4) is 0 Å². The van der Waals surface area contributed by atoms with Crippen LogP contribution in [0, 0.1) is 0 Å². The number of para-hydroxylation sites is 1. The van der Waals surface area contributed by atoms with Gasteiger partial charge in [-0.1, -0.05) is 127 Å². The number of nitrogens with zero attached hydrogens (tertiary/aromatic N) is 4. The molecule has 57 heavy (non-hydrogen) atoms. The molecular formula is C52H32N4S. The predicted molar refractivity (Wildman–Crippen MR) is 240 cm³/mol. The van der Waals surface area contributed by atoms with Crippen molar-refractivity contribution >= 4 is 75.3 Å². The van der Waals surface area contributed by atoms with Gasteiger partial charge in [0.05, 0.1) is 39.0 Å². The van der Waals surface area contributed by atoms with Crippen molar-refractivity contribution in [2.45, 2.75) is 0 Å². The highest BCUT2D eigenvalue weighted by molar-refractivity contribution is 7.26. The zero-order chi connectivity index (χ0) is 37.5. The Hall–Kier alpha value is -7.34. The molecular weight excluding hydrogens is 713 g/mol. The molecule has 0 aliphatic rings. The Morgan fingerprint density at radius 1 is 0.368 bits per heavy atom. The SMILES string of the molecule is c1ccc(-c2cc(-c3ccccc3)nc(-n3c4ccccc4c4cc(-n5c6ccc(-c7ccccc7)nc6c6ccc7sc8ccccc8c7c65)ccc43)c2)cc1. The van der Waals surface area contributed by atoms with Crippen molar-refractivity contribution in [3.8, 4) is 45.1 Å². The van der Waals surface area contributed by atoms with E-state index < -0.39 is 0 Å². The van der Waals surface area contributed by atoms with E-state index in [1.165, 1.54) is 36.5 Å². The highest BCUT2D eigenvalue weighted by Crippen LogP contribution is 2.44. The van der Waals surface area contributed by atoms with Gasteiger partial charge in [-0.15, -0.1) is 11.3 Å². The Bertz CT molecular complexity index is 3450. The van der Waals surface area contributed by atoms with E-state index in [0.29, 0.717) is 0 Å². The molecule has 0 spiro atoms. The van der Waals surface area contributed by atoms with Crippen LogP contribution >= 0.6 is 11.3 Å². The van der Waals surface area contributed by atoms with E-state index in [-0.39, 0.29) is 0 Å². The van der Waals surface area contributed by atoms with Crippen molar-refractivity contribution in [2.24, 2.45) is 0 Å². The predicted octanol–water partition coefficient (Wildman–Crippen LogP) is 14.0. The lowest BCUT2D eigenvalue weighted by atomic mass is 10.0. The van der Waals surface area contributed by atoms with Crippen LogP contribution in [0.25, 0.3) is 109 Å². The minimum absolute atomic E-state index is 0.884. The quantitative estimate of drug-likeness (QED) is 0.176. The van der Waals surface area contributed by atoms with E-state index in [2.05, 4.69) is 203 Å². The van der Waals surface area contributed by atoms with Crippen LogP contribution in [0.15, 0.2) is 194 Å². The molecule has 0 aliphatic carbocycles. The maximum Gasteiger partial charge on any atom is 0.138 e. The fourth-order valence-corrected chi connectivity index (χ4v) is 9.85. The third-order valence-corrected chi connectivity index (χ3v) is 12.4. The number of rotatable bonds is 5. The first-order chi connectivity index (χ1) is 28.3. The molecule has 0 amide bonds. The molecule has 0 atom stereocenters. The minimum atomic E-state index is 0.884. The second kappa shape index (κ2) is 12.6. The van der Waals surface area contributed by atoms with Crippen molar-refractivity contribution in [3.63, 3.8) is 0 Å². The van der Waals surface area contributed by atoms with Crippen LogP contribution in [0.4, 0.5) is 0 Å². The average molecular weight is 745 g/mol. The Balaban J connectivity index is 1.14. The van der Waals surface area contributed by atoms with Gasteiger partial charge >= 0.3 is 0 Å².